The molecule has 2 aromatic carbocycles. The van der Waals surface area contributed by atoms with Gasteiger partial charge in [0.05, 0.1) is 17.4 Å². The van der Waals surface area contributed by atoms with Crippen molar-refractivity contribution >= 4 is 33.4 Å². The molecule has 0 unspecified atom stereocenters. The first-order chi connectivity index (χ1) is 12.5. The minimum Gasteiger partial charge on any atom is -0.482 e. The summed E-state index contributed by atoms with van der Waals surface area (Å²) in [6.07, 6.45) is 5.35. The van der Waals surface area contributed by atoms with Crippen LogP contribution in [0.4, 0.5) is 0 Å². The van der Waals surface area contributed by atoms with Gasteiger partial charge in [-0.3, -0.25) is 4.79 Å². The third-order valence-corrected chi connectivity index (χ3v) is 4.61. The van der Waals surface area contributed by atoms with Crippen molar-refractivity contribution in [3.05, 3.63) is 76.2 Å². The molecule has 0 aliphatic carbocycles. The lowest BCUT2D eigenvalue weighted by Crippen LogP contribution is -2.31. The van der Waals surface area contributed by atoms with E-state index in [1.54, 1.807) is 24.7 Å². The fourth-order valence-electron chi connectivity index (χ4n) is 2.45. The number of hydrogen-bond donors (Lipinski definition) is 1. The summed E-state index contributed by atoms with van der Waals surface area (Å²) in [5.74, 6) is 0.262. The van der Waals surface area contributed by atoms with Crippen LogP contribution in [0.1, 0.15) is 18.5 Å². The quantitative estimate of drug-likeness (QED) is 0.619. The van der Waals surface area contributed by atoms with Crippen molar-refractivity contribution in [1.82, 2.24) is 14.9 Å². The molecule has 3 aromatic rings. The molecule has 0 aliphatic rings. The van der Waals surface area contributed by atoms with Gasteiger partial charge in [0.15, 0.2) is 6.61 Å². The molecule has 1 amide bonds. The monoisotopic (exact) mass is 433 g/mol. The van der Waals surface area contributed by atoms with Gasteiger partial charge in [0.25, 0.3) is 5.91 Å². The number of halogens is 2. The second-order valence-electron chi connectivity index (χ2n) is 5.71. The Morgan fingerprint density at radius 1 is 1.31 bits per heavy atom. The molecule has 134 valence electrons. The lowest BCUT2D eigenvalue weighted by molar-refractivity contribution is -0.123. The molecule has 26 heavy (non-hydrogen) atoms. The highest BCUT2D eigenvalue weighted by Crippen LogP contribution is 2.27. The van der Waals surface area contributed by atoms with Crippen LogP contribution in [0.3, 0.4) is 0 Å². The molecule has 1 aromatic heterocycles. The predicted molar refractivity (Wildman–Crippen MR) is 105 cm³/mol. The number of carbonyl (C=O) groups excluding carboxylic acids is 1. The predicted octanol–water partition coefficient (Wildman–Crippen LogP) is 4.54. The maximum Gasteiger partial charge on any atom is 0.258 e. The van der Waals surface area contributed by atoms with E-state index in [1.807, 2.05) is 48.0 Å². The zero-order chi connectivity index (χ0) is 18.5. The molecule has 3 rings (SSSR count). The number of nitrogens with zero attached hydrogens (tertiary/aromatic N) is 2. The Morgan fingerprint density at radius 2 is 2.08 bits per heavy atom. The number of amides is 1. The summed E-state index contributed by atoms with van der Waals surface area (Å²) in [4.78, 5) is 16.2. The number of hydrogen-bond acceptors (Lipinski definition) is 3. The van der Waals surface area contributed by atoms with Crippen molar-refractivity contribution < 1.29 is 9.53 Å². The van der Waals surface area contributed by atoms with Gasteiger partial charge in [0, 0.05) is 22.6 Å². The average molecular weight is 435 g/mol. The fourth-order valence-corrected chi connectivity index (χ4v) is 3.18. The Kier molecular flexibility index (Phi) is 5.96. The van der Waals surface area contributed by atoms with E-state index in [-0.39, 0.29) is 18.6 Å². The summed E-state index contributed by atoms with van der Waals surface area (Å²) in [5.41, 5.74) is 2.02. The summed E-state index contributed by atoms with van der Waals surface area (Å²) in [6.45, 7) is 1.83. The number of ether oxygens (including phenoxy) is 1. The topological polar surface area (TPSA) is 56.1 Å². The van der Waals surface area contributed by atoms with Crippen LogP contribution in [0, 0.1) is 0 Å². The number of rotatable bonds is 6. The van der Waals surface area contributed by atoms with Crippen LogP contribution in [0.5, 0.6) is 5.75 Å². The number of carbonyl (C=O) groups is 1. The zero-order valence-electron chi connectivity index (χ0n) is 14.0. The van der Waals surface area contributed by atoms with Gasteiger partial charge in [-0.2, -0.15) is 0 Å². The van der Waals surface area contributed by atoms with E-state index in [4.69, 9.17) is 16.3 Å². The standard InChI is InChI=1S/C19H17BrClN3O2/c1-13(14-2-5-16(6-3-14)24-9-8-22-12-24)23-19(25)11-26-18-7-4-15(20)10-17(18)21/h2-10,12-13H,11H2,1H3,(H,23,25)/t13-/m1/s1. The second-order valence-corrected chi connectivity index (χ2v) is 7.04. The Morgan fingerprint density at radius 3 is 2.73 bits per heavy atom. The number of aromatic nitrogens is 2. The van der Waals surface area contributed by atoms with Crippen molar-refractivity contribution in [3.8, 4) is 11.4 Å². The summed E-state index contributed by atoms with van der Waals surface area (Å²) in [7, 11) is 0. The van der Waals surface area contributed by atoms with E-state index in [2.05, 4.69) is 26.2 Å². The van der Waals surface area contributed by atoms with Crippen molar-refractivity contribution in [2.75, 3.05) is 6.61 Å². The lowest BCUT2D eigenvalue weighted by Gasteiger charge is -2.15. The van der Waals surface area contributed by atoms with E-state index in [9.17, 15) is 4.79 Å². The third kappa shape index (κ3) is 4.65. The van der Waals surface area contributed by atoms with Gasteiger partial charge < -0.3 is 14.6 Å². The van der Waals surface area contributed by atoms with Crippen LogP contribution in [0.15, 0.2) is 65.7 Å². The van der Waals surface area contributed by atoms with E-state index >= 15 is 0 Å². The van der Waals surface area contributed by atoms with Crippen LogP contribution >= 0.6 is 27.5 Å². The molecule has 1 atom stereocenters. The van der Waals surface area contributed by atoms with Gasteiger partial charge in [-0.1, -0.05) is 39.7 Å². The van der Waals surface area contributed by atoms with Gasteiger partial charge in [0.1, 0.15) is 5.75 Å². The highest BCUT2D eigenvalue weighted by Gasteiger charge is 2.11. The normalized spacial score (nSPS) is 11.8. The van der Waals surface area contributed by atoms with E-state index in [1.165, 1.54) is 0 Å². The van der Waals surface area contributed by atoms with E-state index in [0.29, 0.717) is 10.8 Å². The molecule has 0 bridgehead atoms. The SMILES string of the molecule is C[C@@H](NC(=O)COc1ccc(Br)cc1Cl)c1ccc(-n2ccnc2)cc1. The minimum atomic E-state index is -0.213. The van der Waals surface area contributed by atoms with Crippen LogP contribution in [-0.4, -0.2) is 22.1 Å². The van der Waals surface area contributed by atoms with E-state index < -0.39 is 0 Å². The smallest absolute Gasteiger partial charge is 0.258 e. The van der Waals surface area contributed by atoms with Gasteiger partial charge in [0.2, 0.25) is 0 Å². The summed E-state index contributed by atoms with van der Waals surface area (Å²) in [6, 6.07) is 13.0. The van der Waals surface area contributed by atoms with Gasteiger partial charge in [-0.05, 0) is 42.8 Å². The van der Waals surface area contributed by atoms with Crippen molar-refractivity contribution in [1.29, 1.82) is 0 Å². The molecule has 5 nitrogen and oxygen atoms in total. The van der Waals surface area contributed by atoms with E-state index in [0.717, 1.165) is 15.7 Å². The first-order valence-corrected chi connectivity index (χ1v) is 9.15. The Hall–Kier alpha value is -2.31. The average Bonchev–Trinajstić information content (AvgIpc) is 3.16. The summed E-state index contributed by atoms with van der Waals surface area (Å²) in [5, 5.41) is 3.37. The first kappa shape index (κ1) is 18.5. The van der Waals surface area contributed by atoms with Crippen molar-refractivity contribution in [3.63, 3.8) is 0 Å². The number of benzene rings is 2. The van der Waals surface area contributed by atoms with Crippen LogP contribution in [0.25, 0.3) is 5.69 Å². The summed E-state index contributed by atoms with van der Waals surface area (Å²) >= 11 is 9.41. The maximum absolute atomic E-state index is 12.1. The molecule has 0 fully saturated rings. The minimum absolute atomic E-state index is 0.0984. The van der Waals surface area contributed by atoms with Gasteiger partial charge in [-0.15, -0.1) is 0 Å². The Balaban J connectivity index is 1.55. The second kappa shape index (κ2) is 8.38. The third-order valence-electron chi connectivity index (χ3n) is 3.83. The molecule has 0 radical (unpaired) electrons. The summed E-state index contributed by atoms with van der Waals surface area (Å²) < 4.78 is 8.26. The van der Waals surface area contributed by atoms with Crippen LogP contribution in [0.2, 0.25) is 5.02 Å². The fraction of sp³-hybridized carbons (Fsp3) is 0.158. The van der Waals surface area contributed by atoms with Gasteiger partial charge >= 0.3 is 0 Å². The lowest BCUT2D eigenvalue weighted by atomic mass is 10.1. The molecular weight excluding hydrogens is 418 g/mol. The highest BCUT2D eigenvalue weighted by atomic mass is 79.9. The molecule has 0 saturated carbocycles. The maximum atomic E-state index is 12.1. The molecule has 7 heteroatoms. The largest absolute Gasteiger partial charge is 0.482 e. The first-order valence-electron chi connectivity index (χ1n) is 7.98. The van der Waals surface area contributed by atoms with Crippen LogP contribution in [-0.2, 0) is 4.79 Å². The Bertz CT molecular complexity index is 882. The molecule has 0 spiro atoms. The highest BCUT2D eigenvalue weighted by molar-refractivity contribution is 9.10. The van der Waals surface area contributed by atoms with Crippen molar-refractivity contribution in [2.45, 2.75) is 13.0 Å². The van der Waals surface area contributed by atoms with Crippen molar-refractivity contribution in [2.24, 2.45) is 0 Å². The number of nitrogens with one attached hydrogen (secondary N) is 1. The molecule has 0 aliphatic heterocycles. The molecule has 1 heterocycles. The van der Waals surface area contributed by atoms with Gasteiger partial charge in [-0.25, -0.2) is 4.98 Å². The molecule has 1 N–H and O–H groups in total. The molecule has 0 saturated heterocycles. The van der Waals surface area contributed by atoms with Crippen LogP contribution < -0.4 is 10.1 Å². The Labute approximate surface area is 165 Å². The number of imidazole rings is 1. The molecular formula is C19H17BrClN3O2. The zero-order valence-corrected chi connectivity index (χ0v) is 16.4.